The minimum atomic E-state index is -0.390. The highest BCUT2D eigenvalue weighted by Gasteiger charge is 2.36. The van der Waals surface area contributed by atoms with Crippen molar-refractivity contribution >= 4 is 11.8 Å². The average Bonchev–Trinajstić information content (AvgIpc) is 2.64. The minimum absolute atomic E-state index is 0.00402. The molecule has 4 heterocycles. The molecule has 5 nitrogen and oxygen atoms in total. The molecule has 0 radical (unpaired) electrons. The number of nitrogens with one attached hydrogen (secondary N) is 1. The van der Waals surface area contributed by atoms with Gasteiger partial charge in [-0.3, -0.25) is 15.2 Å². The van der Waals surface area contributed by atoms with Gasteiger partial charge in [-0.25, -0.2) is 4.79 Å². The van der Waals surface area contributed by atoms with E-state index in [2.05, 4.69) is 15.2 Å². The van der Waals surface area contributed by atoms with Crippen LogP contribution in [0.2, 0.25) is 0 Å². The topological polar surface area (TPSA) is 54.5 Å². The summed E-state index contributed by atoms with van der Waals surface area (Å²) in [4.78, 5) is 19.1. The van der Waals surface area contributed by atoms with Crippen LogP contribution in [0.5, 0.6) is 0 Å². The number of carbonyl (C=O) groups is 1. The maximum Gasteiger partial charge on any atom is 0.412 e. The van der Waals surface area contributed by atoms with Crippen LogP contribution in [0, 0.1) is 5.92 Å². The predicted octanol–water partition coefficient (Wildman–Crippen LogP) is 3.39. The van der Waals surface area contributed by atoms with Crippen molar-refractivity contribution < 1.29 is 9.53 Å². The van der Waals surface area contributed by atoms with Gasteiger partial charge >= 0.3 is 6.09 Å². The van der Waals surface area contributed by atoms with E-state index in [4.69, 9.17) is 4.74 Å². The smallest absolute Gasteiger partial charge is 0.412 e. The van der Waals surface area contributed by atoms with Gasteiger partial charge in [0.25, 0.3) is 0 Å². The molecule has 124 valence electrons. The van der Waals surface area contributed by atoms with Gasteiger partial charge in [-0.15, -0.1) is 0 Å². The Bertz CT molecular complexity index is 712. The number of rotatable bonds is 3. The summed E-state index contributed by atoms with van der Waals surface area (Å²) in [5, 5.41) is 2.87. The number of pyridine rings is 1. The maximum absolute atomic E-state index is 12.4. The molecule has 1 atom stereocenters. The first-order valence-electron chi connectivity index (χ1n) is 8.50. The number of fused-ring (bicyclic) bond motifs is 3. The summed E-state index contributed by atoms with van der Waals surface area (Å²) in [7, 11) is 0. The first kappa shape index (κ1) is 15.1. The number of anilines is 1. The van der Waals surface area contributed by atoms with Crippen molar-refractivity contribution in [3.63, 3.8) is 0 Å². The Morgan fingerprint density at radius 3 is 2.62 bits per heavy atom. The van der Waals surface area contributed by atoms with E-state index in [1.165, 1.54) is 0 Å². The SMILES string of the molecule is O=C(Nc1cccnc1-c1ccccc1)OC1CN2CCC1CC2. The molecule has 24 heavy (non-hydrogen) atoms. The lowest BCUT2D eigenvalue weighted by Gasteiger charge is -2.43. The average molecular weight is 323 g/mol. The number of ether oxygens (including phenoxy) is 1. The Hall–Kier alpha value is -2.40. The normalized spacial score (nSPS) is 25.2. The lowest BCUT2D eigenvalue weighted by Crippen LogP contribution is -2.52. The van der Waals surface area contributed by atoms with Crippen molar-refractivity contribution in [2.75, 3.05) is 25.0 Å². The molecule has 1 aromatic carbocycles. The fraction of sp³-hybridized carbons (Fsp3) is 0.368. The molecular formula is C19H21N3O2. The van der Waals surface area contributed by atoms with Crippen LogP contribution in [0.3, 0.4) is 0 Å². The highest BCUT2D eigenvalue weighted by Crippen LogP contribution is 2.30. The molecule has 0 aliphatic carbocycles. The van der Waals surface area contributed by atoms with Crippen LogP contribution in [0.1, 0.15) is 12.8 Å². The van der Waals surface area contributed by atoms with Crippen LogP contribution in [0.4, 0.5) is 10.5 Å². The molecule has 2 aromatic rings. The number of nitrogens with zero attached hydrogens (tertiary/aromatic N) is 2. The zero-order chi connectivity index (χ0) is 16.4. The Kier molecular flexibility index (Phi) is 4.17. The standard InChI is InChI=1S/C19H21N3O2/c23-19(24-17-13-22-11-8-14(17)9-12-22)21-16-7-4-10-20-18(16)15-5-2-1-3-6-15/h1-7,10,14,17H,8-9,11-13H2,(H,21,23). The molecule has 3 aliphatic rings. The quantitative estimate of drug-likeness (QED) is 0.941. The number of hydrogen-bond acceptors (Lipinski definition) is 4. The zero-order valence-corrected chi connectivity index (χ0v) is 13.5. The second-order valence-electron chi connectivity index (χ2n) is 6.47. The second kappa shape index (κ2) is 6.61. The third kappa shape index (κ3) is 3.12. The molecule has 2 bridgehead atoms. The van der Waals surface area contributed by atoms with E-state index < -0.39 is 0 Å². The zero-order valence-electron chi connectivity index (χ0n) is 13.5. The molecule has 5 heteroatoms. The van der Waals surface area contributed by atoms with Gasteiger partial charge in [0.2, 0.25) is 0 Å². The van der Waals surface area contributed by atoms with Crippen LogP contribution in [-0.2, 0) is 4.74 Å². The first-order chi connectivity index (χ1) is 11.8. The lowest BCUT2D eigenvalue weighted by molar-refractivity contribution is -0.0289. The summed E-state index contributed by atoms with van der Waals surface area (Å²) in [6.07, 6.45) is 3.59. The number of aromatic nitrogens is 1. The van der Waals surface area contributed by atoms with Gasteiger partial charge in [0.1, 0.15) is 6.10 Å². The van der Waals surface area contributed by atoms with Crippen molar-refractivity contribution in [2.45, 2.75) is 18.9 Å². The van der Waals surface area contributed by atoms with Crippen LogP contribution >= 0.6 is 0 Å². The van der Waals surface area contributed by atoms with Crippen LogP contribution in [0.15, 0.2) is 48.7 Å². The number of amides is 1. The first-order valence-corrected chi connectivity index (χ1v) is 8.50. The highest BCUT2D eigenvalue weighted by atomic mass is 16.6. The van der Waals surface area contributed by atoms with Crippen molar-refractivity contribution in [1.82, 2.24) is 9.88 Å². The van der Waals surface area contributed by atoms with Gasteiger partial charge < -0.3 is 4.74 Å². The molecule has 0 spiro atoms. The molecule has 1 N–H and O–H groups in total. The van der Waals surface area contributed by atoms with E-state index in [9.17, 15) is 4.79 Å². The predicted molar refractivity (Wildman–Crippen MR) is 92.7 cm³/mol. The monoisotopic (exact) mass is 323 g/mol. The van der Waals surface area contributed by atoms with Gasteiger partial charge in [0, 0.05) is 18.3 Å². The third-order valence-electron chi connectivity index (χ3n) is 4.95. The summed E-state index contributed by atoms with van der Waals surface area (Å²) in [5.41, 5.74) is 2.40. The Morgan fingerprint density at radius 2 is 1.92 bits per heavy atom. The van der Waals surface area contributed by atoms with E-state index in [0.29, 0.717) is 11.6 Å². The minimum Gasteiger partial charge on any atom is -0.444 e. The third-order valence-corrected chi connectivity index (χ3v) is 4.95. The molecule has 1 aromatic heterocycles. The van der Waals surface area contributed by atoms with Crippen LogP contribution in [0.25, 0.3) is 11.3 Å². The summed E-state index contributed by atoms with van der Waals surface area (Å²) < 4.78 is 5.70. The lowest BCUT2D eigenvalue weighted by atomic mass is 9.86. The fourth-order valence-corrected chi connectivity index (χ4v) is 3.65. The summed E-state index contributed by atoms with van der Waals surface area (Å²) in [6.45, 7) is 3.12. The van der Waals surface area contributed by atoms with Crippen LogP contribution < -0.4 is 5.32 Å². The van der Waals surface area contributed by atoms with E-state index in [0.717, 1.165) is 43.7 Å². The summed E-state index contributed by atoms with van der Waals surface area (Å²) in [6, 6.07) is 13.5. The molecule has 1 amide bonds. The van der Waals surface area contributed by atoms with Gasteiger partial charge in [-0.1, -0.05) is 30.3 Å². The van der Waals surface area contributed by atoms with E-state index in [1.807, 2.05) is 42.5 Å². The fourth-order valence-electron chi connectivity index (χ4n) is 3.65. The highest BCUT2D eigenvalue weighted by molar-refractivity contribution is 5.90. The number of hydrogen-bond donors (Lipinski definition) is 1. The van der Waals surface area contributed by atoms with Gasteiger partial charge in [0.05, 0.1) is 11.4 Å². The molecule has 0 saturated carbocycles. The van der Waals surface area contributed by atoms with E-state index in [-0.39, 0.29) is 12.2 Å². The Morgan fingerprint density at radius 1 is 1.12 bits per heavy atom. The van der Waals surface area contributed by atoms with Crippen molar-refractivity contribution in [2.24, 2.45) is 5.92 Å². The van der Waals surface area contributed by atoms with Gasteiger partial charge in [-0.05, 0) is 44.0 Å². The summed E-state index contributed by atoms with van der Waals surface area (Å²) in [5.74, 6) is 0.503. The van der Waals surface area contributed by atoms with Gasteiger partial charge in [-0.2, -0.15) is 0 Å². The molecule has 3 fully saturated rings. The second-order valence-corrected chi connectivity index (χ2v) is 6.47. The van der Waals surface area contributed by atoms with E-state index >= 15 is 0 Å². The maximum atomic E-state index is 12.4. The number of piperidine rings is 3. The van der Waals surface area contributed by atoms with Gasteiger partial charge in [0.15, 0.2) is 0 Å². The molecule has 5 rings (SSSR count). The van der Waals surface area contributed by atoms with Crippen molar-refractivity contribution in [3.8, 4) is 11.3 Å². The van der Waals surface area contributed by atoms with E-state index in [1.54, 1.807) is 6.20 Å². The summed E-state index contributed by atoms with van der Waals surface area (Å²) >= 11 is 0. The molecular weight excluding hydrogens is 302 g/mol. The molecule has 1 unspecified atom stereocenters. The molecule has 3 saturated heterocycles. The van der Waals surface area contributed by atoms with Crippen molar-refractivity contribution in [3.05, 3.63) is 48.7 Å². The molecule has 3 aliphatic heterocycles. The largest absolute Gasteiger partial charge is 0.444 e. The van der Waals surface area contributed by atoms with Crippen LogP contribution in [-0.4, -0.2) is 41.7 Å². The number of benzene rings is 1. The number of carbonyl (C=O) groups excluding carboxylic acids is 1. The Labute approximate surface area is 141 Å². The Balaban J connectivity index is 1.47. The van der Waals surface area contributed by atoms with Crippen molar-refractivity contribution in [1.29, 1.82) is 0 Å².